The lowest BCUT2D eigenvalue weighted by Gasteiger charge is -2.30. The van der Waals surface area contributed by atoms with Crippen LogP contribution in [0.15, 0.2) is 42.5 Å². The normalized spacial score (nSPS) is 16.6. The Hall–Kier alpha value is -2.27. The molecule has 0 amide bonds. The van der Waals surface area contributed by atoms with Crippen LogP contribution >= 0.6 is 12.2 Å². The van der Waals surface area contributed by atoms with Crippen LogP contribution in [0, 0.1) is 6.92 Å². The second-order valence-electron chi connectivity index (χ2n) is 8.52. The maximum absolute atomic E-state index is 5.92. The van der Waals surface area contributed by atoms with Gasteiger partial charge in [0.25, 0.3) is 0 Å². The van der Waals surface area contributed by atoms with E-state index in [0.29, 0.717) is 12.8 Å². The molecule has 160 valence electrons. The molecule has 1 N–H and O–H groups in total. The molecule has 2 aromatic carbocycles. The van der Waals surface area contributed by atoms with Crippen molar-refractivity contribution in [1.29, 1.82) is 0 Å². The highest BCUT2D eigenvalue weighted by Crippen LogP contribution is 2.33. The fourth-order valence-electron chi connectivity index (χ4n) is 4.24. The van der Waals surface area contributed by atoms with E-state index in [1.807, 2.05) is 6.07 Å². The van der Waals surface area contributed by atoms with Gasteiger partial charge in [0, 0.05) is 19.1 Å². The number of fused-ring (bicyclic) bond motifs is 1. The van der Waals surface area contributed by atoms with Crippen LogP contribution in [0.5, 0.6) is 11.5 Å². The molecule has 0 unspecified atom stereocenters. The van der Waals surface area contributed by atoms with Crippen molar-refractivity contribution in [1.82, 2.24) is 10.2 Å². The standard InChI is InChI=1S/C25H32N2O2S/c1-19-9-11-20(12-10-19)16-27(17-21-13-14-23-24(15-21)29-18-28-23)25(30)26-22-7-5-3-2-4-6-8-22/h9-15,22H,2-8,16-18H2,1H3,(H,26,30). The topological polar surface area (TPSA) is 33.7 Å². The van der Waals surface area contributed by atoms with Crippen LogP contribution in [-0.2, 0) is 13.1 Å². The molecule has 4 rings (SSSR count). The van der Waals surface area contributed by atoms with E-state index < -0.39 is 0 Å². The van der Waals surface area contributed by atoms with Gasteiger partial charge >= 0.3 is 0 Å². The first kappa shape index (κ1) is 21.0. The Morgan fingerprint density at radius 2 is 1.53 bits per heavy atom. The average molecular weight is 425 g/mol. The Kier molecular flexibility index (Phi) is 7.11. The van der Waals surface area contributed by atoms with Gasteiger partial charge in [-0.05, 0) is 55.2 Å². The van der Waals surface area contributed by atoms with Crippen LogP contribution < -0.4 is 14.8 Å². The van der Waals surface area contributed by atoms with Crippen LogP contribution in [0.25, 0.3) is 0 Å². The largest absolute Gasteiger partial charge is 0.454 e. The van der Waals surface area contributed by atoms with Crippen molar-refractivity contribution in [3.05, 3.63) is 59.2 Å². The van der Waals surface area contributed by atoms with Crippen molar-refractivity contribution in [2.75, 3.05) is 6.79 Å². The predicted octanol–water partition coefficient (Wildman–Crippen LogP) is 5.71. The van der Waals surface area contributed by atoms with Gasteiger partial charge in [-0.15, -0.1) is 0 Å². The van der Waals surface area contributed by atoms with Gasteiger partial charge < -0.3 is 19.7 Å². The number of ether oxygens (including phenoxy) is 2. The molecule has 0 radical (unpaired) electrons. The van der Waals surface area contributed by atoms with Gasteiger partial charge in [0.05, 0.1) is 0 Å². The predicted molar refractivity (Wildman–Crippen MR) is 125 cm³/mol. The molecule has 30 heavy (non-hydrogen) atoms. The SMILES string of the molecule is Cc1ccc(CN(Cc2ccc3c(c2)OCO3)C(=S)NC2CCCCCCC2)cc1. The fourth-order valence-corrected chi connectivity index (χ4v) is 4.54. The van der Waals surface area contributed by atoms with Crippen LogP contribution in [0.1, 0.15) is 61.6 Å². The van der Waals surface area contributed by atoms with Gasteiger partial charge in [-0.25, -0.2) is 0 Å². The third-order valence-corrected chi connectivity index (χ3v) is 6.40. The lowest BCUT2D eigenvalue weighted by atomic mass is 9.97. The lowest BCUT2D eigenvalue weighted by Crippen LogP contribution is -2.44. The summed E-state index contributed by atoms with van der Waals surface area (Å²) >= 11 is 5.92. The van der Waals surface area contributed by atoms with Gasteiger partial charge in [-0.3, -0.25) is 0 Å². The summed E-state index contributed by atoms with van der Waals surface area (Å²) in [4.78, 5) is 2.27. The molecule has 1 aliphatic carbocycles. The van der Waals surface area contributed by atoms with E-state index in [1.165, 1.54) is 61.6 Å². The summed E-state index contributed by atoms with van der Waals surface area (Å²) in [5.74, 6) is 1.64. The second kappa shape index (κ2) is 10.2. The zero-order valence-corrected chi connectivity index (χ0v) is 18.7. The number of thiocarbonyl (C=S) groups is 1. The molecule has 2 aliphatic rings. The number of aryl methyl sites for hydroxylation is 1. The monoisotopic (exact) mass is 424 g/mol. The third-order valence-electron chi connectivity index (χ3n) is 6.02. The molecule has 0 aromatic heterocycles. The van der Waals surface area contributed by atoms with Gasteiger partial charge in [-0.1, -0.05) is 68.0 Å². The number of nitrogens with zero attached hydrogens (tertiary/aromatic N) is 1. The van der Waals surface area contributed by atoms with E-state index in [9.17, 15) is 0 Å². The van der Waals surface area contributed by atoms with Crippen molar-refractivity contribution in [2.24, 2.45) is 0 Å². The minimum atomic E-state index is 0.299. The highest BCUT2D eigenvalue weighted by Gasteiger charge is 2.19. The maximum atomic E-state index is 5.92. The molecular formula is C25H32N2O2S. The molecule has 0 spiro atoms. The first-order valence-electron chi connectivity index (χ1n) is 11.2. The molecule has 1 fully saturated rings. The zero-order valence-electron chi connectivity index (χ0n) is 17.9. The second-order valence-corrected chi connectivity index (χ2v) is 8.91. The average Bonchev–Trinajstić information content (AvgIpc) is 3.19. The smallest absolute Gasteiger partial charge is 0.231 e. The molecule has 0 atom stereocenters. The molecule has 2 aromatic rings. The summed E-state index contributed by atoms with van der Waals surface area (Å²) in [6.45, 7) is 3.94. The quantitative estimate of drug-likeness (QED) is 0.622. The number of nitrogens with one attached hydrogen (secondary N) is 1. The number of hydrogen-bond donors (Lipinski definition) is 1. The summed E-state index contributed by atoms with van der Waals surface area (Å²) < 4.78 is 11.0. The van der Waals surface area contributed by atoms with Crippen molar-refractivity contribution >= 4 is 17.3 Å². The molecule has 1 saturated carbocycles. The molecule has 1 heterocycles. The van der Waals surface area contributed by atoms with Crippen LogP contribution in [0.2, 0.25) is 0 Å². The van der Waals surface area contributed by atoms with Crippen molar-refractivity contribution in [3.8, 4) is 11.5 Å². The highest BCUT2D eigenvalue weighted by atomic mass is 32.1. The fraction of sp³-hybridized carbons (Fsp3) is 0.480. The lowest BCUT2D eigenvalue weighted by molar-refractivity contribution is 0.174. The molecule has 4 nitrogen and oxygen atoms in total. The van der Waals surface area contributed by atoms with E-state index >= 15 is 0 Å². The maximum Gasteiger partial charge on any atom is 0.231 e. The van der Waals surface area contributed by atoms with E-state index in [2.05, 4.69) is 53.5 Å². The van der Waals surface area contributed by atoms with E-state index in [0.717, 1.165) is 29.7 Å². The summed E-state index contributed by atoms with van der Waals surface area (Å²) in [7, 11) is 0. The van der Waals surface area contributed by atoms with Gasteiger partial charge in [0.2, 0.25) is 6.79 Å². The Morgan fingerprint density at radius 1 is 0.900 bits per heavy atom. The molecule has 0 saturated heterocycles. The molecule has 1 aliphatic heterocycles. The van der Waals surface area contributed by atoms with Crippen LogP contribution in [0.4, 0.5) is 0 Å². The molecule has 5 heteroatoms. The Bertz CT molecular complexity index is 845. The number of hydrogen-bond acceptors (Lipinski definition) is 3. The number of rotatable bonds is 5. The van der Waals surface area contributed by atoms with Crippen LogP contribution in [0.3, 0.4) is 0 Å². The van der Waals surface area contributed by atoms with Gasteiger partial charge in [-0.2, -0.15) is 0 Å². The molecule has 0 bridgehead atoms. The van der Waals surface area contributed by atoms with E-state index in [4.69, 9.17) is 21.7 Å². The Morgan fingerprint density at radius 3 is 2.30 bits per heavy atom. The van der Waals surface area contributed by atoms with Gasteiger partial charge in [0.1, 0.15) is 0 Å². The summed E-state index contributed by atoms with van der Waals surface area (Å²) in [5.41, 5.74) is 3.72. The van der Waals surface area contributed by atoms with Crippen molar-refractivity contribution in [2.45, 2.75) is 71.0 Å². The van der Waals surface area contributed by atoms with Crippen LogP contribution in [-0.4, -0.2) is 22.8 Å². The Balaban J connectivity index is 1.48. The number of benzene rings is 2. The van der Waals surface area contributed by atoms with Crippen molar-refractivity contribution in [3.63, 3.8) is 0 Å². The van der Waals surface area contributed by atoms with E-state index in [1.54, 1.807) is 0 Å². The summed E-state index contributed by atoms with van der Waals surface area (Å²) in [6.07, 6.45) is 9.07. The van der Waals surface area contributed by atoms with E-state index in [-0.39, 0.29) is 0 Å². The zero-order chi connectivity index (χ0) is 20.8. The first-order chi connectivity index (χ1) is 14.7. The first-order valence-corrected chi connectivity index (χ1v) is 11.6. The van der Waals surface area contributed by atoms with Crippen molar-refractivity contribution < 1.29 is 9.47 Å². The molecular weight excluding hydrogens is 392 g/mol. The highest BCUT2D eigenvalue weighted by molar-refractivity contribution is 7.80. The summed E-state index contributed by atoms with van der Waals surface area (Å²) in [6, 6.07) is 15.4. The summed E-state index contributed by atoms with van der Waals surface area (Å²) in [5, 5.41) is 4.54. The van der Waals surface area contributed by atoms with Gasteiger partial charge in [0.15, 0.2) is 16.6 Å². The third kappa shape index (κ3) is 5.66. The Labute approximate surface area is 185 Å². The minimum Gasteiger partial charge on any atom is -0.454 e. The minimum absolute atomic E-state index is 0.299.